The fourth-order valence-corrected chi connectivity index (χ4v) is 4.04. The number of hydrogen-bond donors (Lipinski definition) is 1. The van der Waals surface area contributed by atoms with Crippen molar-refractivity contribution in [3.63, 3.8) is 0 Å². The van der Waals surface area contributed by atoms with Crippen LogP contribution in [0.3, 0.4) is 0 Å². The molecule has 2 atom stereocenters. The summed E-state index contributed by atoms with van der Waals surface area (Å²) in [6, 6.07) is 2.37. The first-order chi connectivity index (χ1) is 11.8. The molecule has 1 saturated carbocycles. The monoisotopic (exact) mass is 327 g/mol. The lowest BCUT2D eigenvalue weighted by Gasteiger charge is -2.25. The molecular weight excluding hydrogens is 306 g/mol. The normalized spacial score (nSPS) is 26.2. The van der Waals surface area contributed by atoms with Crippen molar-refractivity contribution in [2.24, 2.45) is 11.8 Å². The number of nitrogens with one attached hydrogen (secondary N) is 1. The molecule has 0 radical (unpaired) electrons. The van der Waals surface area contributed by atoms with Crippen molar-refractivity contribution in [1.82, 2.24) is 25.0 Å². The van der Waals surface area contributed by atoms with Crippen LogP contribution >= 0.6 is 0 Å². The van der Waals surface area contributed by atoms with E-state index in [1.54, 1.807) is 6.26 Å². The average Bonchev–Trinajstić information content (AvgIpc) is 2.99. The van der Waals surface area contributed by atoms with Gasteiger partial charge in [-0.2, -0.15) is 0 Å². The summed E-state index contributed by atoms with van der Waals surface area (Å²) in [6.07, 6.45) is 6.62. The number of rotatable bonds is 4. The van der Waals surface area contributed by atoms with E-state index in [9.17, 15) is 4.79 Å². The highest BCUT2D eigenvalue weighted by atomic mass is 16.3. The molecule has 0 aromatic carbocycles. The van der Waals surface area contributed by atoms with Gasteiger partial charge in [0.2, 0.25) is 5.82 Å². The molecule has 2 aromatic heterocycles. The Morgan fingerprint density at radius 1 is 1.25 bits per heavy atom. The standard InChI is InChI=1S/C17H21N5O2/c23-17(18-14-1-2-14)16-20-19-15-5-12-7-21(6-11-3-4-24-10-11)8-13(12)9-22(15)16/h3-4,10,12-14H,1-2,5-9H2,(H,18,23)/t12-,13-/m1/s1. The van der Waals surface area contributed by atoms with Gasteiger partial charge in [0.1, 0.15) is 5.82 Å². The van der Waals surface area contributed by atoms with Gasteiger partial charge in [0.25, 0.3) is 5.91 Å². The predicted octanol–water partition coefficient (Wildman–Crippen LogP) is 1.07. The van der Waals surface area contributed by atoms with Gasteiger partial charge in [-0.25, -0.2) is 0 Å². The van der Waals surface area contributed by atoms with Crippen LogP contribution < -0.4 is 5.32 Å². The van der Waals surface area contributed by atoms with Crippen LogP contribution in [0.5, 0.6) is 0 Å². The average molecular weight is 327 g/mol. The maximum Gasteiger partial charge on any atom is 0.289 e. The van der Waals surface area contributed by atoms with Gasteiger partial charge in [-0.3, -0.25) is 9.69 Å². The maximum atomic E-state index is 12.3. The molecule has 0 spiro atoms. The Balaban J connectivity index is 1.30. The predicted molar refractivity (Wildman–Crippen MR) is 85.2 cm³/mol. The van der Waals surface area contributed by atoms with Crippen molar-refractivity contribution in [2.75, 3.05) is 13.1 Å². The first-order valence-corrected chi connectivity index (χ1v) is 8.72. The number of aromatic nitrogens is 3. The third-order valence-corrected chi connectivity index (χ3v) is 5.44. The number of carbonyl (C=O) groups is 1. The molecule has 3 aliphatic rings. The van der Waals surface area contributed by atoms with Gasteiger partial charge in [0, 0.05) is 44.2 Å². The third-order valence-electron chi connectivity index (χ3n) is 5.44. The van der Waals surface area contributed by atoms with E-state index < -0.39 is 0 Å². The van der Waals surface area contributed by atoms with Gasteiger partial charge in [-0.1, -0.05) is 0 Å². The number of hydrogen-bond acceptors (Lipinski definition) is 5. The summed E-state index contributed by atoms with van der Waals surface area (Å²) in [7, 11) is 0. The van der Waals surface area contributed by atoms with E-state index in [1.807, 2.05) is 16.9 Å². The van der Waals surface area contributed by atoms with Gasteiger partial charge >= 0.3 is 0 Å². The molecule has 2 aliphatic heterocycles. The molecule has 0 unspecified atom stereocenters. The lowest BCUT2D eigenvalue weighted by Crippen LogP contribution is -2.33. The van der Waals surface area contributed by atoms with E-state index in [0.717, 1.165) is 51.3 Å². The quantitative estimate of drug-likeness (QED) is 0.909. The van der Waals surface area contributed by atoms with Gasteiger partial charge in [-0.15, -0.1) is 10.2 Å². The Bertz CT molecular complexity index is 749. The number of fused-ring (bicyclic) bond motifs is 2. The van der Waals surface area contributed by atoms with Crippen molar-refractivity contribution < 1.29 is 9.21 Å². The molecule has 1 N–H and O–H groups in total. The first-order valence-electron chi connectivity index (χ1n) is 8.72. The molecule has 7 nitrogen and oxygen atoms in total. The minimum atomic E-state index is -0.0667. The molecule has 2 aromatic rings. The second-order valence-electron chi connectivity index (χ2n) is 7.35. The molecule has 24 heavy (non-hydrogen) atoms. The van der Waals surface area contributed by atoms with Gasteiger partial charge in [0.15, 0.2) is 0 Å². The van der Waals surface area contributed by atoms with Crippen LogP contribution in [0.15, 0.2) is 23.0 Å². The molecule has 1 saturated heterocycles. The van der Waals surface area contributed by atoms with E-state index in [0.29, 0.717) is 23.7 Å². The van der Waals surface area contributed by atoms with Gasteiger partial charge < -0.3 is 14.3 Å². The summed E-state index contributed by atoms with van der Waals surface area (Å²) < 4.78 is 7.21. The molecule has 5 rings (SSSR count). The van der Waals surface area contributed by atoms with Crippen LogP contribution in [-0.2, 0) is 19.5 Å². The molecule has 2 fully saturated rings. The van der Waals surface area contributed by atoms with E-state index in [4.69, 9.17) is 4.42 Å². The molecule has 0 bridgehead atoms. The summed E-state index contributed by atoms with van der Waals surface area (Å²) in [5, 5.41) is 11.5. The lowest BCUT2D eigenvalue weighted by atomic mass is 9.89. The maximum absolute atomic E-state index is 12.3. The van der Waals surface area contributed by atoms with Crippen LogP contribution in [0.1, 0.15) is 34.8 Å². The largest absolute Gasteiger partial charge is 0.472 e. The van der Waals surface area contributed by atoms with Crippen molar-refractivity contribution in [1.29, 1.82) is 0 Å². The Morgan fingerprint density at radius 3 is 2.92 bits per heavy atom. The summed E-state index contributed by atoms with van der Waals surface area (Å²) in [5.41, 5.74) is 1.22. The Labute approximate surface area is 140 Å². The number of furan rings is 1. The van der Waals surface area contributed by atoms with E-state index in [-0.39, 0.29) is 5.91 Å². The number of likely N-dealkylation sites (tertiary alicyclic amines) is 1. The van der Waals surface area contributed by atoms with Crippen LogP contribution in [0.2, 0.25) is 0 Å². The fourth-order valence-electron chi connectivity index (χ4n) is 4.04. The zero-order chi connectivity index (χ0) is 16.1. The Hall–Kier alpha value is -2.15. The second-order valence-corrected chi connectivity index (χ2v) is 7.35. The molecule has 1 aliphatic carbocycles. The SMILES string of the molecule is O=C(NC1CC1)c1nnc2n1C[C@H]1CN(Cc3ccoc3)C[C@H]1C2. The Kier molecular flexibility index (Phi) is 3.22. The van der Waals surface area contributed by atoms with Crippen molar-refractivity contribution >= 4 is 5.91 Å². The number of carbonyl (C=O) groups excluding carboxylic acids is 1. The van der Waals surface area contributed by atoms with Crippen molar-refractivity contribution in [3.8, 4) is 0 Å². The minimum absolute atomic E-state index is 0.0667. The summed E-state index contributed by atoms with van der Waals surface area (Å²) in [4.78, 5) is 14.8. The minimum Gasteiger partial charge on any atom is -0.472 e. The highest BCUT2D eigenvalue weighted by molar-refractivity contribution is 5.91. The number of nitrogens with zero attached hydrogens (tertiary/aromatic N) is 4. The van der Waals surface area contributed by atoms with Gasteiger partial charge in [0.05, 0.1) is 12.5 Å². The smallest absolute Gasteiger partial charge is 0.289 e. The van der Waals surface area contributed by atoms with Gasteiger partial charge in [-0.05, 0) is 30.7 Å². The first kappa shape index (κ1) is 14.2. The summed E-state index contributed by atoms with van der Waals surface area (Å²) in [5.74, 6) is 2.55. The molecule has 126 valence electrons. The van der Waals surface area contributed by atoms with Crippen LogP contribution in [-0.4, -0.2) is 44.7 Å². The van der Waals surface area contributed by atoms with Crippen LogP contribution in [0.25, 0.3) is 0 Å². The molecule has 1 amide bonds. The molecular formula is C17H21N5O2. The summed E-state index contributed by atoms with van der Waals surface area (Å²) in [6.45, 7) is 3.91. The zero-order valence-corrected chi connectivity index (χ0v) is 13.5. The fraction of sp³-hybridized carbons (Fsp3) is 0.588. The highest BCUT2D eigenvalue weighted by Gasteiger charge is 2.39. The second kappa shape index (κ2) is 5.44. The van der Waals surface area contributed by atoms with E-state index >= 15 is 0 Å². The zero-order valence-electron chi connectivity index (χ0n) is 13.5. The molecule has 7 heteroatoms. The molecule has 4 heterocycles. The third kappa shape index (κ3) is 2.53. The van der Waals surface area contributed by atoms with Crippen LogP contribution in [0, 0.1) is 11.8 Å². The number of amides is 1. The van der Waals surface area contributed by atoms with Crippen LogP contribution in [0.4, 0.5) is 0 Å². The van der Waals surface area contributed by atoms with E-state index in [2.05, 4.69) is 20.4 Å². The van der Waals surface area contributed by atoms with Crippen molar-refractivity contribution in [2.45, 2.75) is 38.4 Å². The lowest BCUT2D eigenvalue weighted by molar-refractivity contribution is 0.0932. The summed E-state index contributed by atoms with van der Waals surface area (Å²) >= 11 is 0. The van der Waals surface area contributed by atoms with E-state index in [1.165, 1.54) is 5.56 Å². The Morgan fingerprint density at radius 2 is 2.12 bits per heavy atom. The topological polar surface area (TPSA) is 76.2 Å². The van der Waals surface area contributed by atoms with Crippen molar-refractivity contribution in [3.05, 3.63) is 35.8 Å². The highest BCUT2D eigenvalue weighted by Crippen LogP contribution is 2.33.